The van der Waals surface area contributed by atoms with E-state index in [9.17, 15) is 0 Å². The molecule has 0 fully saturated rings. The van der Waals surface area contributed by atoms with Gasteiger partial charge in [-0.3, -0.25) is 0 Å². The van der Waals surface area contributed by atoms with Crippen molar-refractivity contribution >= 4 is 6.21 Å². The van der Waals surface area contributed by atoms with Crippen molar-refractivity contribution in [3.8, 4) is 0 Å². The Kier molecular flexibility index (Phi) is 3.06. The molecule has 0 radical (unpaired) electrons. The second-order valence-corrected chi connectivity index (χ2v) is 3.04. The molecule has 1 rings (SSSR count). The van der Waals surface area contributed by atoms with Gasteiger partial charge < -0.3 is 9.58 Å². The summed E-state index contributed by atoms with van der Waals surface area (Å²) in [6.45, 7) is 4.98. The summed E-state index contributed by atoms with van der Waals surface area (Å²) in [6.07, 6.45) is 3.61. The van der Waals surface area contributed by atoms with Crippen molar-refractivity contribution in [1.82, 2.24) is 14.6 Å². The van der Waals surface area contributed by atoms with Crippen LogP contribution in [0.15, 0.2) is 11.3 Å². The molecule has 0 unspecified atom stereocenters. The molecule has 0 saturated heterocycles. The molecule has 4 nitrogen and oxygen atoms in total. The lowest BCUT2D eigenvalue weighted by Crippen LogP contribution is -2.10. The van der Waals surface area contributed by atoms with E-state index in [4.69, 9.17) is 0 Å². The van der Waals surface area contributed by atoms with Crippen LogP contribution in [0, 0.1) is 6.92 Å². The maximum atomic E-state index is 4.21. The molecular formula is C9H16N4. The average Bonchev–Trinajstić information content (AvgIpc) is 2.44. The Morgan fingerprint density at radius 3 is 2.85 bits per heavy atom. The van der Waals surface area contributed by atoms with E-state index in [2.05, 4.69) is 17.0 Å². The van der Waals surface area contributed by atoms with Gasteiger partial charge in [-0.25, -0.2) is 4.98 Å². The van der Waals surface area contributed by atoms with Crippen LogP contribution in [0.5, 0.6) is 0 Å². The van der Waals surface area contributed by atoms with E-state index in [1.165, 1.54) is 0 Å². The molecule has 0 aliphatic heterocycles. The number of hydrogen-bond donors (Lipinski definition) is 0. The minimum absolute atomic E-state index is 0.887. The topological polar surface area (TPSA) is 33.4 Å². The molecule has 13 heavy (non-hydrogen) atoms. The Balaban J connectivity index is 2.74. The fraction of sp³-hybridized carbons (Fsp3) is 0.556. The van der Waals surface area contributed by atoms with Gasteiger partial charge in [0.15, 0.2) is 5.82 Å². The van der Waals surface area contributed by atoms with Gasteiger partial charge in [-0.1, -0.05) is 0 Å². The molecule has 1 heterocycles. The lowest BCUT2D eigenvalue weighted by atomic mass is 10.5. The van der Waals surface area contributed by atoms with Crippen LogP contribution in [0.25, 0.3) is 0 Å². The van der Waals surface area contributed by atoms with E-state index in [0.29, 0.717) is 0 Å². The number of rotatable bonds is 3. The predicted octanol–water partition coefficient (Wildman–Crippen LogP) is 1.01. The van der Waals surface area contributed by atoms with Crippen molar-refractivity contribution in [3.05, 3.63) is 17.7 Å². The van der Waals surface area contributed by atoms with Crippen molar-refractivity contribution in [2.75, 3.05) is 13.6 Å². The summed E-state index contributed by atoms with van der Waals surface area (Å²) in [5, 5.41) is 6.08. The highest BCUT2D eigenvalue weighted by Crippen LogP contribution is 1.98. The number of imidazole rings is 1. The molecule has 0 N–H and O–H groups in total. The minimum atomic E-state index is 0.887. The van der Waals surface area contributed by atoms with E-state index in [-0.39, 0.29) is 0 Å². The van der Waals surface area contributed by atoms with Crippen molar-refractivity contribution in [2.24, 2.45) is 12.1 Å². The van der Waals surface area contributed by atoms with Gasteiger partial charge in [0.1, 0.15) is 0 Å². The van der Waals surface area contributed by atoms with Crippen LogP contribution in [0.2, 0.25) is 0 Å². The van der Waals surface area contributed by atoms with Gasteiger partial charge >= 0.3 is 0 Å². The highest BCUT2D eigenvalue weighted by atomic mass is 15.4. The monoisotopic (exact) mass is 180 g/mol. The van der Waals surface area contributed by atoms with E-state index in [1.54, 1.807) is 6.21 Å². The van der Waals surface area contributed by atoms with Crippen LogP contribution in [0.1, 0.15) is 18.4 Å². The highest BCUT2D eigenvalue weighted by molar-refractivity contribution is 5.74. The number of hydrazone groups is 1. The first-order valence-electron chi connectivity index (χ1n) is 4.38. The summed E-state index contributed by atoms with van der Waals surface area (Å²) < 4.78 is 2.01. The average molecular weight is 180 g/mol. The predicted molar refractivity (Wildman–Crippen MR) is 53.8 cm³/mol. The third-order valence-corrected chi connectivity index (χ3v) is 2.08. The molecule has 72 valence electrons. The zero-order valence-electron chi connectivity index (χ0n) is 8.65. The van der Waals surface area contributed by atoms with Gasteiger partial charge in [0.05, 0.1) is 6.21 Å². The van der Waals surface area contributed by atoms with Crippen LogP contribution in [0.4, 0.5) is 0 Å². The quantitative estimate of drug-likeness (QED) is 0.514. The molecule has 0 saturated carbocycles. The maximum absolute atomic E-state index is 4.21. The molecule has 0 amide bonds. The van der Waals surface area contributed by atoms with Crippen molar-refractivity contribution in [1.29, 1.82) is 0 Å². The molecule has 1 aromatic heterocycles. The number of aromatic nitrogens is 2. The maximum Gasteiger partial charge on any atom is 0.152 e. The van der Waals surface area contributed by atoms with E-state index in [0.717, 1.165) is 18.1 Å². The molecule has 0 aliphatic rings. The SMILES string of the molecule is CCN(C)/N=C/c1ncc(C)n1C. The fourth-order valence-electron chi connectivity index (χ4n) is 0.865. The van der Waals surface area contributed by atoms with Crippen molar-refractivity contribution in [2.45, 2.75) is 13.8 Å². The number of hydrogen-bond acceptors (Lipinski definition) is 3. The highest BCUT2D eigenvalue weighted by Gasteiger charge is 1.98. The van der Waals surface area contributed by atoms with E-state index in [1.807, 2.05) is 36.8 Å². The molecule has 4 heteroatoms. The van der Waals surface area contributed by atoms with Gasteiger partial charge in [0.25, 0.3) is 0 Å². The summed E-state index contributed by atoms with van der Waals surface area (Å²) in [5.74, 6) is 0.887. The molecule has 0 atom stereocenters. The normalized spacial score (nSPS) is 11.1. The molecule has 0 aliphatic carbocycles. The molecule has 0 spiro atoms. The Bertz CT molecular complexity index is 301. The summed E-state index contributed by atoms with van der Waals surface area (Å²) in [5.41, 5.74) is 1.14. The molecule has 0 bridgehead atoms. The van der Waals surface area contributed by atoms with Crippen molar-refractivity contribution < 1.29 is 0 Å². The van der Waals surface area contributed by atoms with Crippen molar-refractivity contribution in [3.63, 3.8) is 0 Å². The fourth-order valence-corrected chi connectivity index (χ4v) is 0.865. The van der Waals surface area contributed by atoms with Gasteiger partial charge in [0, 0.05) is 32.5 Å². The summed E-state index contributed by atoms with van der Waals surface area (Å²) in [6, 6.07) is 0. The molecule has 0 aromatic carbocycles. The van der Waals surface area contributed by atoms with Crippen LogP contribution < -0.4 is 0 Å². The Morgan fingerprint density at radius 2 is 2.38 bits per heavy atom. The third-order valence-electron chi connectivity index (χ3n) is 2.08. The van der Waals surface area contributed by atoms with Crippen LogP contribution in [-0.4, -0.2) is 34.4 Å². The number of aryl methyl sites for hydroxylation is 1. The zero-order chi connectivity index (χ0) is 9.84. The first kappa shape index (κ1) is 9.77. The van der Waals surface area contributed by atoms with E-state index >= 15 is 0 Å². The van der Waals surface area contributed by atoms with Gasteiger partial charge in [-0.15, -0.1) is 0 Å². The van der Waals surface area contributed by atoms with E-state index < -0.39 is 0 Å². The van der Waals surface area contributed by atoms with Crippen LogP contribution in [-0.2, 0) is 7.05 Å². The Hall–Kier alpha value is -1.32. The second kappa shape index (κ2) is 4.07. The minimum Gasteiger partial charge on any atom is -0.331 e. The van der Waals surface area contributed by atoms with Crippen LogP contribution >= 0.6 is 0 Å². The number of nitrogens with zero attached hydrogens (tertiary/aromatic N) is 4. The zero-order valence-corrected chi connectivity index (χ0v) is 8.65. The molecular weight excluding hydrogens is 164 g/mol. The van der Waals surface area contributed by atoms with Gasteiger partial charge in [0.2, 0.25) is 0 Å². The second-order valence-electron chi connectivity index (χ2n) is 3.04. The van der Waals surface area contributed by atoms with Gasteiger partial charge in [-0.2, -0.15) is 5.10 Å². The summed E-state index contributed by atoms with van der Waals surface area (Å²) in [4.78, 5) is 4.21. The first-order valence-corrected chi connectivity index (χ1v) is 4.38. The Labute approximate surface area is 78.9 Å². The summed E-state index contributed by atoms with van der Waals surface area (Å²) >= 11 is 0. The molecule has 1 aromatic rings. The Morgan fingerprint density at radius 1 is 1.69 bits per heavy atom. The lowest BCUT2D eigenvalue weighted by Gasteiger charge is -2.07. The van der Waals surface area contributed by atoms with Gasteiger partial charge in [-0.05, 0) is 13.8 Å². The summed E-state index contributed by atoms with van der Waals surface area (Å²) in [7, 11) is 3.92. The lowest BCUT2D eigenvalue weighted by molar-refractivity contribution is 0.377. The van der Waals surface area contributed by atoms with Crippen LogP contribution in [0.3, 0.4) is 0 Å². The first-order chi connectivity index (χ1) is 6.15. The third kappa shape index (κ3) is 2.31. The largest absolute Gasteiger partial charge is 0.331 e. The smallest absolute Gasteiger partial charge is 0.152 e. The standard InChI is InChI=1S/C9H16N4/c1-5-12(3)11-7-9-10-6-8(2)13(9)4/h6-7H,5H2,1-4H3/b11-7+.